The lowest BCUT2D eigenvalue weighted by Gasteiger charge is -2.07. The molecular formula is C17H13F3N6O3S. The van der Waals surface area contributed by atoms with Crippen LogP contribution in [-0.2, 0) is 22.9 Å². The number of halogens is 3. The number of fused-ring (bicyclic) bond motifs is 1. The van der Waals surface area contributed by atoms with Gasteiger partial charge in [-0.05, 0) is 24.3 Å². The van der Waals surface area contributed by atoms with Crippen molar-refractivity contribution in [3.05, 3.63) is 65.1 Å². The molecule has 0 aliphatic carbocycles. The molecule has 3 aromatic heterocycles. The number of nitrogens with one attached hydrogen (secondary N) is 1. The Balaban J connectivity index is 1.68. The van der Waals surface area contributed by atoms with Gasteiger partial charge in [-0.2, -0.15) is 28.5 Å². The summed E-state index contributed by atoms with van der Waals surface area (Å²) >= 11 is 0. The van der Waals surface area contributed by atoms with Crippen molar-refractivity contribution in [3.63, 3.8) is 0 Å². The molecule has 0 unspecified atom stereocenters. The number of rotatable bonds is 5. The van der Waals surface area contributed by atoms with E-state index in [-0.39, 0.29) is 27.1 Å². The summed E-state index contributed by atoms with van der Waals surface area (Å²) in [6.45, 7) is -1.27. The molecule has 4 rings (SSSR count). The summed E-state index contributed by atoms with van der Waals surface area (Å²) in [6, 6.07) is 5.50. The van der Waals surface area contributed by atoms with Gasteiger partial charge in [-0.15, -0.1) is 0 Å². The van der Waals surface area contributed by atoms with E-state index in [1.165, 1.54) is 29.1 Å². The van der Waals surface area contributed by atoms with Gasteiger partial charge in [0.2, 0.25) is 9.84 Å². The summed E-state index contributed by atoms with van der Waals surface area (Å²) in [5.41, 5.74) is 0.163. The average Bonchev–Trinajstić information content (AvgIpc) is 3.35. The van der Waals surface area contributed by atoms with E-state index >= 15 is 0 Å². The molecule has 1 aromatic carbocycles. The smallest absolute Gasteiger partial charge is 0.285 e. The minimum atomic E-state index is -4.53. The lowest BCUT2D eigenvalue weighted by molar-refractivity contribution is -0.142. The highest BCUT2D eigenvalue weighted by Gasteiger charge is 2.29. The molecule has 3 heterocycles. The summed E-state index contributed by atoms with van der Waals surface area (Å²) in [7, 11) is -4.13. The van der Waals surface area contributed by atoms with Crippen molar-refractivity contribution in [3.8, 4) is 0 Å². The second-order valence-electron chi connectivity index (χ2n) is 6.41. The van der Waals surface area contributed by atoms with Gasteiger partial charge in [-0.25, -0.2) is 13.1 Å². The SMILES string of the molecule is O=c1c2ccc(S(=O)(=O)c3cnn(CC(F)(F)F)c3)cc2cnn1Cc1cc[nH]n1. The normalized spacial score (nSPS) is 12.5. The third-order valence-corrected chi connectivity index (χ3v) is 5.97. The standard InChI is InChI=1S/C17H13F3N6O3S/c18-17(19,20)10-25-9-14(7-22-25)30(28,29)13-1-2-15-11(5-13)6-23-26(16(15)27)8-12-3-4-21-24-12/h1-7,9H,8,10H2,(H,21,24). The van der Waals surface area contributed by atoms with Crippen LogP contribution in [0.15, 0.2) is 63.6 Å². The molecule has 0 aliphatic heterocycles. The Labute approximate surface area is 166 Å². The fourth-order valence-corrected chi connectivity index (χ4v) is 4.12. The number of nitrogens with zero attached hydrogens (tertiary/aromatic N) is 5. The second-order valence-corrected chi connectivity index (χ2v) is 8.36. The van der Waals surface area contributed by atoms with Gasteiger partial charge in [0.05, 0.1) is 34.9 Å². The Kier molecular flexibility index (Phi) is 4.68. The van der Waals surface area contributed by atoms with Crippen LogP contribution in [0.1, 0.15) is 5.69 Å². The molecule has 0 bridgehead atoms. The predicted octanol–water partition coefficient (Wildman–Crippen LogP) is 1.76. The van der Waals surface area contributed by atoms with Crippen LogP contribution in [0.5, 0.6) is 0 Å². The van der Waals surface area contributed by atoms with Gasteiger partial charge < -0.3 is 0 Å². The fourth-order valence-electron chi connectivity index (χ4n) is 2.87. The topological polar surface area (TPSA) is 116 Å². The van der Waals surface area contributed by atoms with E-state index in [2.05, 4.69) is 20.4 Å². The number of hydrogen-bond donors (Lipinski definition) is 1. The molecule has 1 N–H and O–H groups in total. The number of benzene rings is 1. The van der Waals surface area contributed by atoms with Crippen molar-refractivity contribution in [2.45, 2.75) is 29.1 Å². The minimum absolute atomic E-state index is 0.136. The number of H-pyrrole nitrogens is 1. The zero-order valence-corrected chi connectivity index (χ0v) is 15.9. The Hall–Kier alpha value is -3.48. The van der Waals surface area contributed by atoms with Crippen LogP contribution < -0.4 is 5.56 Å². The molecule has 0 saturated carbocycles. The highest BCUT2D eigenvalue weighted by Crippen LogP contribution is 2.24. The van der Waals surface area contributed by atoms with E-state index in [4.69, 9.17) is 0 Å². The van der Waals surface area contributed by atoms with Crippen LogP contribution in [-0.4, -0.2) is 44.4 Å². The van der Waals surface area contributed by atoms with Crippen LogP contribution in [0.4, 0.5) is 13.2 Å². The Morgan fingerprint density at radius 1 is 1.07 bits per heavy atom. The van der Waals surface area contributed by atoms with Gasteiger partial charge in [-0.1, -0.05) is 0 Å². The molecule has 0 aliphatic rings. The number of sulfone groups is 1. The third-order valence-electron chi connectivity index (χ3n) is 4.27. The molecule has 4 aromatic rings. The Morgan fingerprint density at radius 2 is 1.87 bits per heavy atom. The number of aromatic nitrogens is 6. The van der Waals surface area contributed by atoms with Crippen LogP contribution in [0.3, 0.4) is 0 Å². The van der Waals surface area contributed by atoms with Gasteiger partial charge in [0.25, 0.3) is 5.56 Å². The maximum Gasteiger partial charge on any atom is 0.408 e. The van der Waals surface area contributed by atoms with Gasteiger partial charge in [-0.3, -0.25) is 14.6 Å². The van der Waals surface area contributed by atoms with Gasteiger partial charge in [0.1, 0.15) is 11.4 Å². The first-order chi connectivity index (χ1) is 14.1. The van der Waals surface area contributed by atoms with Crippen LogP contribution in [0.2, 0.25) is 0 Å². The lowest BCUT2D eigenvalue weighted by atomic mass is 10.2. The number of aromatic amines is 1. The Bertz CT molecular complexity index is 1370. The van der Waals surface area contributed by atoms with Crippen molar-refractivity contribution < 1.29 is 21.6 Å². The zero-order chi connectivity index (χ0) is 21.5. The van der Waals surface area contributed by atoms with E-state index in [1.807, 2.05) is 0 Å². The molecule has 0 amide bonds. The summed E-state index contributed by atoms with van der Waals surface area (Å²) < 4.78 is 64.7. The highest BCUT2D eigenvalue weighted by atomic mass is 32.2. The Morgan fingerprint density at radius 3 is 2.57 bits per heavy atom. The predicted molar refractivity (Wildman–Crippen MR) is 97.4 cm³/mol. The van der Waals surface area contributed by atoms with E-state index < -0.39 is 28.1 Å². The molecule has 0 spiro atoms. The third kappa shape index (κ3) is 3.83. The van der Waals surface area contributed by atoms with Crippen molar-refractivity contribution >= 4 is 20.6 Å². The fraction of sp³-hybridized carbons (Fsp3) is 0.176. The number of hydrogen-bond acceptors (Lipinski definition) is 6. The van der Waals surface area contributed by atoms with Crippen molar-refractivity contribution in [2.24, 2.45) is 0 Å². The maximum absolute atomic E-state index is 12.8. The monoisotopic (exact) mass is 438 g/mol. The largest absolute Gasteiger partial charge is 0.408 e. The summed E-state index contributed by atoms with van der Waals surface area (Å²) in [6.07, 6.45) is 0.0842. The molecule has 0 fully saturated rings. The summed E-state index contributed by atoms with van der Waals surface area (Å²) in [4.78, 5) is 12.0. The van der Waals surface area contributed by atoms with E-state index in [0.717, 1.165) is 12.4 Å². The van der Waals surface area contributed by atoms with E-state index in [0.29, 0.717) is 10.4 Å². The average molecular weight is 438 g/mol. The van der Waals surface area contributed by atoms with E-state index in [1.54, 1.807) is 12.3 Å². The zero-order valence-electron chi connectivity index (χ0n) is 15.0. The van der Waals surface area contributed by atoms with Crippen molar-refractivity contribution in [1.29, 1.82) is 0 Å². The summed E-state index contributed by atoms with van der Waals surface area (Å²) in [5.74, 6) is 0. The molecule has 9 nitrogen and oxygen atoms in total. The second kappa shape index (κ2) is 7.09. The van der Waals surface area contributed by atoms with Gasteiger partial charge in [0.15, 0.2) is 0 Å². The summed E-state index contributed by atoms with van der Waals surface area (Å²) in [5, 5.41) is 14.6. The maximum atomic E-state index is 12.8. The lowest BCUT2D eigenvalue weighted by Crippen LogP contribution is -2.23. The van der Waals surface area contributed by atoms with Crippen LogP contribution in [0, 0.1) is 0 Å². The van der Waals surface area contributed by atoms with Crippen molar-refractivity contribution in [1.82, 2.24) is 29.8 Å². The van der Waals surface area contributed by atoms with Gasteiger partial charge in [0, 0.05) is 17.8 Å². The first-order valence-corrected chi connectivity index (χ1v) is 9.95. The van der Waals surface area contributed by atoms with Crippen LogP contribution in [0.25, 0.3) is 10.8 Å². The first kappa shape index (κ1) is 19.8. The molecular weight excluding hydrogens is 425 g/mol. The quantitative estimate of drug-likeness (QED) is 0.508. The molecule has 30 heavy (non-hydrogen) atoms. The number of alkyl halides is 3. The van der Waals surface area contributed by atoms with Crippen molar-refractivity contribution in [2.75, 3.05) is 0 Å². The molecule has 0 atom stereocenters. The minimum Gasteiger partial charge on any atom is -0.285 e. The van der Waals surface area contributed by atoms with E-state index in [9.17, 15) is 26.4 Å². The molecule has 156 valence electrons. The molecule has 13 heteroatoms. The van der Waals surface area contributed by atoms with Gasteiger partial charge >= 0.3 is 6.18 Å². The molecule has 0 radical (unpaired) electrons. The highest BCUT2D eigenvalue weighted by molar-refractivity contribution is 7.91. The van der Waals surface area contributed by atoms with Crippen LogP contribution >= 0.6 is 0 Å². The molecule has 0 saturated heterocycles. The first-order valence-electron chi connectivity index (χ1n) is 8.46.